The lowest BCUT2D eigenvalue weighted by Crippen LogP contribution is -2.35. The molecule has 0 fully saturated rings. The summed E-state index contributed by atoms with van der Waals surface area (Å²) in [5.41, 5.74) is 0. The molecule has 2 N–H and O–H groups in total. The summed E-state index contributed by atoms with van der Waals surface area (Å²) in [7, 11) is 0. The van der Waals surface area contributed by atoms with Gasteiger partial charge in [-0.25, -0.2) is 0 Å². The first-order chi connectivity index (χ1) is 6.10. The van der Waals surface area contributed by atoms with Crippen molar-refractivity contribution in [3.05, 3.63) is 0 Å². The highest BCUT2D eigenvalue weighted by molar-refractivity contribution is 5.66. The molecular formula is C10H21NO2. The van der Waals surface area contributed by atoms with Crippen LogP contribution in [0.5, 0.6) is 0 Å². The third-order valence-electron chi connectivity index (χ3n) is 2.30. The standard InChI is InChI=1S/C10H21NO2/c1-4-9(5-2)11-8(3)6-7-10(12)13/h8-9,11H,4-7H2,1-3H3,(H,12,13). The van der Waals surface area contributed by atoms with Gasteiger partial charge in [0.15, 0.2) is 0 Å². The van der Waals surface area contributed by atoms with Gasteiger partial charge in [0.25, 0.3) is 0 Å². The van der Waals surface area contributed by atoms with Crippen LogP contribution in [0.25, 0.3) is 0 Å². The maximum atomic E-state index is 10.3. The van der Waals surface area contributed by atoms with Crippen molar-refractivity contribution >= 4 is 5.97 Å². The first-order valence-electron chi connectivity index (χ1n) is 5.07. The maximum Gasteiger partial charge on any atom is 0.303 e. The van der Waals surface area contributed by atoms with Crippen molar-refractivity contribution in [2.24, 2.45) is 0 Å². The quantitative estimate of drug-likeness (QED) is 0.641. The van der Waals surface area contributed by atoms with Crippen LogP contribution in [0, 0.1) is 0 Å². The van der Waals surface area contributed by atoms with Gasteiger partial charge in [-0.3, -0.25) is 4.79 Å². The summed E-state index contributed by atoms with van der Waals surface area (Å²) in [6, 6.07) is 0.838. The number of nitrogens with one attached hydrogen (secondary N) is 1. The molecule has 3 heteroatoms. The molecule has 3 nitrogen and oxygen atoms in total. The van der Waals surface area contributed by atoms with Crippen molar-refractivity contribution < 1.29 is 9.90 Å². The molecule has 1 atom stereocenters. The van der Waals surface area contributed by atoms with Gasteiger partial charge in [0.05, 0.1) is 0 Å². The lowest BCUT2D eigenvalue weighted by molar-refractivity contribution is -0.137. The van der Waals surface area contributed by atoms with E-state index >= 15 is 0 Å². The minimum atomic E-state index is -0.710. The van der Waals surface area contributed by atoms with Gasteiger partial charge in [-0.2, -0.15) is 0 Å². The lowest BCUT2D eigenvalue weighted by atomic mass is 10.1. The SMILES string of the molecule is CCC(CC)NC(C)CCC(=O)O. The van der Waals surface area contributed by atoms with Crippen LogP contribution in [0.2, 0.25) is 0 Å². The third kappa shape index (κ3) is 6.58. The third-order valence-corrected chi connectivity index (χ3v) is 2.30. The summed E-state index contributed by atoms with van der Waals surface area (Å²) in [5, 5.41) is 11.9. The van der Waals surface area contributed by atoms with E-state index in [4.69, 9.17) is 5.11 Å². The fraction of sp³-hybridized carbons (Fsp3) is 0.900. The van der Waals surface area contributed by atoms with E-state index in [1.54, 1.807) is 0 Å². The number of aliphatic carboxylic acids is 1. The predicted octanol–water partition coefficient (Wildman–Crippen LogP) is 2.02. The van der Waals surface area contributed by atoms with Crippen LogP contribution in [-0.2, 0) is 4.79 Å². The minimum absolute atomic E-state index is 0.258. The highest BCUT2D eigenvalue weighted by atomic mass is 16.4. The van der Waals surface area contributed by atoms with E-state index in [-0.39, 0.29) is 6.42 Å². The average Bonchev–Trinajstić information content (AvgIpc) is 2.10. The lowest BCUT2D eigenvalue weighted by Gasteiger charge is -2.20. The molecule has 0 saturated heterocycles. The first-order valence-corrected chi connectivity index (χ1v) is 5.07. The molecule has 78 valence electrons. The monoisotopic (exact) mass is 187 g/mol. The molecule has 0 aliphatic heterocycles. The highest BCUT2D eigenvalue weighted by Gasteiger charge is 2.09. The van der Waals surface area contributed by atoms with E-state index in [0.29, 0.717) is 18.5 Å². The van der Waals surface area contributed by atoms with E-state index in [1.165, 1.54) is 0 Å². The van der Waals surface area contributed by atoms with Crippen molar-refractivity contribution in [3.63, 3.8) is 0 Å². The maximum absolute atomic E-state index is 10.3. The van der Waals surface area contributed by atoms with Gasteiger partial charge < -0.3 is 10.4 Å². The molecule has 0 saturated carbocycles. The van der Waals surface area contributed by atoms with Crippen LogP contribution in [0.15, 0.2) is 0 Å². The number of hydrogen-bond donors (Lipinski definition) is 2. The van der Waals surface area contributed by atoms with Gasteiger partial charge >= 0.3 is 5.97 Å². The van der Waals surface area contributed by atoms with Gasteiger partial charge in [0, 0.05) is 18.5 Å². The van der Waals surface area contributed by atoms with Crippen molar-refractivity contribution in [2.45, 2.75) is 58.5 Å². The molecule has 0 radical (unpaired) electrons. The van der Waals surface area contributed by atoms with Gasteiger partial charge in [0.1, 0.15) is 0 Å². The van der Waals surface area contributed by atoms with E-state index in [1.807, 2.05) is 6.92 Å². The normalized spacial score (nSPS) is 13.2. The van der Waals surface area contributed by atoms with Crippen LogP contribution in [0.3, 0.4) is 0 Å². The molecule has 0 aromatic heterocycles. The predicted molar refractivity (Wildman–Crippen MR) is 53.8 cm³/mol. The molecule has 1 unspecified atom stereocenters. The minimum Gasteiger partial charge on any atom is -0.481 e. The fourth-order valence-corrected chi connectivity index (χ4v) is 1.35. The molecule has 0 aliphatic carbocycles. The zero-order valence-electron chi connectivity index (χ0n) is 8.84. The summed E-state index contributed by atoms with van der Waals surface area (Å²) in [6.45, 7) is 6.33. The summed E-state index contributed by atoms with van der Waals surface area (Å²) in [5.74, 6) is -0.710. The second-order valence-corrected chi connectivity index (χ2v) is 3.51. The molecule has 0 aliphatic rings. The molecule has 0 aromatic carbocycles. The number of hydrogen-bond acceptors (Lipinski definition) is 2. The molecule has 0 bridgehead atoms. The molecule has 0 amide bonds. The Bertz CT molecular complexity index is 144. The summed E-state index contributed by atoms with van der Waals surface area (Å²) >= 11 is 0. The van der Waals surface area contributed by atoms with E-state index < -0.39 is 5.97 Å². The van der Waals surface area contributed by atoms with Crippen LogP contribution in [0.1, 0.15) is 46.5 Å². The average molecular weight is 187 g/mol. The second kappa shape index (κ2) is 6.89. The summed E-state index contributed by atoms with van der Waals surface area (Å²) < 4.78 is 0. The second-order valence-electron chi connectivity index (χ2n) is 3.51. The van der Waals surface area contributed by atoms with Crippen molar-refractivity contribution in [1.82, 2.24) is 5.32 Å². The van der Waals surface area contributed by atoms with Gasteiger partial charge in [-0.15, -0.1) is 0 Å². The van der Waals surface area contributed by atoms with E-state index in [2.05, 4.69) is 19.2 Å². The zero-order chi connectivity index (χ0) is 10.3. The molecule has 0 heterocycles. The molecule has 0 spiro atoms. The molecule has 13 heavy (non-hydrogen) atoms. The Labute approximate surface area is 80.5 Å². The Morgan fingerprint density at radius 1 is 1.38 bits per heavy atom. The Morgan fingerprint density at radius 2 is 1.92 bits per heavy atom. The van der Waals surface area contributed by atoms with Gasteiger partial charge in [-0.1, -0.05) is 13.8 Å². The zero-order valence-corrected chi connectivity index (χ0v) is 8.84. The fourth-order valence-electron chi connectivity index (χ4n) is 1.35. The number of carboxylic acids is 1. The van der Waals surface area contributed by atoms with Crippen molar-refractivity contribution in [2.75, 3.05) is 0 Å². The van der Waals surface area contributed by atoms with Crippen LogP contribution < -0.4 is 5.32 Å². The Balaban J connectivity index is 3.59. The van der Waals surface area contributed by atoms with Crippen molar-refractivity contribution in [3.8, 4) is 0 Å². The van der Waals surface area contributed by atoms with Crippen LogP contribution in [0.4, 0.5) is 0 Å². The topological polar surface area (TPSA) is 49.3 Å². The smallest absolute Gasteiger partial charge is 0.303 e. The number of carbonyl (C=O) groups is 1. The molecule has 0 rings (SSSR count). The van der Waals surface area contributed by atoms with E-state index in [0.717, 1.165) is 12.8 Å². The van der Waals surface area contributed by atoms with Crippen LogP contribution in [-0.4, -0.2) is 23.2 Å². The van der Waals surface area contributed by atoms with Crippen LogP contribution >= 0.6 is 0 Å². The molecular weight excluding hydrogens is 166 g/mol. The Hall–Kier alpha value is -0.570. The largest absolute Gasteiger partial charge is 0.481 e. The highest BCUT2D eigenvalue weighted by Crippen LogP contribution is 2.02. The Morgan fingerprint density at radius 3 is 2.31 bits per heavy atom. The van der Waals surface area contributed by atoms with Gasteiger partial charge in [-0.05, 0) is 26.2 Å². The Kier molecular flexibility index (Phi) is 6.59. The summed E-state index contributed by atoms with van der Waals surface area (Å²) in [6.07, 6.45) is 3.18. The summed E-state index contributed by atoms with van der Waals surface area (Å²) in [4.78, 5) is 10.3. The molecule has 0 aromatic rings. The van der Waals surface area contributed by atoms with E-state index in [9.17, 15) is 4.79 Å². The van der Waals surface area contributed by atoms with Gasteiger partial charge in [0.2, 0.25) is 0 Å². The number of carboxylic acid groups (broad SMARTS) is 1. The first kappa shape index (κ1) is 12.4. The number of rotatable bonds is 7. The van der Waals surface area contributed by atoms with Crippen molar-refractivity contribution in [1.29, 1.82) is 0 Å².